The SMILES string of the molecule is NC(=S)c1cccnc1N1CCC2CCCCC21. The molecule has 1 saturated carbocycles. The van der Waals surface area contributed by atoms with E-state index in [-0.39, 0.29) is 0 Å². The van der Waals surface area contributed by atoms with Crippen LogP contribution >= 0.6 is 12.2 Å². The molecule has 1 aromatic rings. The summed E-state index contributed by atoms with van der Waals surface area (Å²) in [7, 11) is 0. The molecule has 96 valence electrons. The summed E-state index contributed by atoms with van der Waals surface area (Å²) in [5, 5.41) is 0. The Morgan fingerprint density at radius 1 is 1.33 bits per heavy atom. The highest BCUT2D eigenvalue weighted by atomic mass is 32.1. The molecule has 2 unspecified atom stereocenters. The van der Waals surface area contributed by atoms with E-state index in [1.54, 1.807) is 0 Å². The Labute approximate surface area is 113 Å². The zero-order valence-electron chi connectivity index (χ0n) is 10.5. The molecule has 0 radical (unpaired) electrons. The van der Waals surface area contributed by atoms with Gasteiger partial charge in [-0.15, -0.1) is 0 Å². The average Bonchev–Trinajstić information content (AvgIpc) is 2.82. The monoisotopic (exact) mass is 261 g/mol. The van der Waals surface area contributed by atoms with Crippen LogP contribution < -0.4 is 10.6 Å². The minimum Gasteiger partial charge on any atom is -0.389 e. The van der Waals surface area contributed by atoms with Crippen LogP contribution in [-0.2, 0) is 0 Å². The van der Waals surface area contributed by atoms with Gasteiger partial charge in [-0.05, 0) is 37.3 Å². The lowest BCUT2D eigenvalue weighted by molar-refractivity contribution is 0.341. The van der Waals surface area contributed by atoms with E-state index in [0.29, 0.717) is 11.0 Å². The minimum atomic E-state index is 0.456. The molecule has 4 heteroatoms. The Hall–Kier alpha value is -1.16. The van der Waals surface area contributed by atoms with Gasteiger partial charge in [0.15, 0.2) is 0 Å². The fourth-order valence-electron chi connectivity index (χ4n) is 3.49. The largest absolute Gasteiger partial charge is 0.389 e. The topological polar surface area (TPSA) is 42.1 Å². The number of hydrogen-bond acceptors (Lipinski definition) is 3. The van der Waals surface area contributed by atoms with Gasteiger partial charge < -0.3 is 10.6 Å². The highest BCUT2D eigenvalue weighted by Gasteiger charge is 2.37. The summed E-state index contributed by atoms with van der Waals surface area (Å²) in [6, 6.07) is 4.55. The predicted octanol–water partition coefficient (Wildman–Crippen LogP) is 2.48. The lowest BCUT2D eigenvalue weighted by Crippen LogP contribution is -2.36. The van der Waals surface area contributed by atoms with Crippen molar-refractivity contribution in [2.24, 2.45) is 11.7 Å². The van der Waals surface area contributed by atoms with Crippen molar-refractivity contribution < 1.29 is 0 Å². The molecule has 1 saturated heterocycles. The molecule has 0 amide bonds. The van der Waals surface area contributed by atoms with E-state index in [2.05, 4.69) is 9.88 Å². The van der Waals surface area contributed by atoms with Crippen molar-refractivity contribution in [3.8, 4) is 0 Å². The van der Waals surface area contributed by atoms with Crippen LogP contribution in [0.25, 0.3) is 0 Å². The fraction of sp³-hybridized carbons (Fsp3) is 0.571. The van der Waals surface area contributed by atoms with E-state index >= 15 is 0 Å². The van der Waals surface area contributed by atoms with Gasteiger partial charge in [0, 0.05) is 18.8 Å². The van der Waals surface area contributed by atoms with Gasteiger partial charge in [0.1, 0.15) is 10.8 Å². The van der Waals surface area contributed by atoms with Gasteiger partial charge in [0.05, 0.1) is 5.56 Å². The molecule has 0 spiro atoms. The smallest absolute Gasteiger partial charge is 0.139 e. The number of anilines is 1. The first-order valence-corrected chi connectivity index (χ1v) is 7.19. The number of rotatable bonds is 2. The highest BCUT2D eigenvalue weighted by molar-refractivity contribution is 7.80. The first kappa shape index (κ1) is 11.9. The number of nitrogens with two attached hydrogens (primary N) is 1. The zero-order valence-corrected chi connectivity index (χ0v) is 11.3. The van der Waals surface area contributed by atoms with Crippen LogP contribution in [0.1, 0.15) is 37.7 Å². The molecule has 2 atom stereocenters. The maximum Gasteiger partial charge on any atom is 0.139 e. The first-order valence-electron chi connectivity index (χ1n) is 6.79. The minimum absolute atomic E-state index is 0.456. The number of nitrogens with zero attached hydrogens (tertiary/aromatic N) is 2. The molecule has 3 nitrogen and oxygen atoms in total. The lowest BCUT2D eigenvalue weighted by atomic mass is 9.85. The van der Waals surface area contributed by atoms with Crippen molar-refractivity contribution in [3.05, 3.63) is 23.9 Å². The van der Waals surface area contributed by atoms with Gasteiger partial charge >= 0.3 is 0 Å². The predicted molar refractivity (Wildman–Crippen MR) is 77.8 cm³/mol. The number of thiocarbonyl (C=S) groups is 1. The second kappa shape index (κ2) is 4.84. The number of fused-ring (bicyclic) bond motifs is 1. The molecule has 0 aromatic carbocycles. The van der Waals surface area contributed by atoms with Crippen molar-refractivity contribution in [2.75, 3.05) is 11.4 Å². The molecule has 1 aromatic heterocycles. The second-order valence-electron chi connectivity index (χ2n) is 5.33. The maximum absolute atomic E-state index is 5.81. The first-order chi connectivity index (χ1) is 8.77. The molecular weight excluding hydrogens is 242 g/mol. The molecule has 0 bridgehead atoms. The van der Waals surface area contributed by atoms with Crippen LogP contribution in [0.2, 0.25) is 0 Å². The Morgan fingerprint density at radius 2 is 2.17 bits per heavy atom. The third kappa shape index (κ3) is 1.99. The van der Waals surface area contributed by atoms with Crippen molar-refractivity contribution in [3.63, 3.8) is 0 Å². The van der Waals surface area contributed by atoms with E-state index in [1.807, 2.05) is 18.3 Å². The summed E-state index contributed by atoms with van der Waals surface area (Å²) in [5.41, 5.74) is 6.74. The third-order valence-corrected chi connectivity index (χ3v) is 4.55. The van der Waals surface area contributed by atoms with Crippen LogP contribution in [0, 0.1) is 5.92 Å². The van der Waals surface area contributed by atoms with E-state index in [9.17, 15) is 0 Å². The van der Waals surface area contributed by atoms with Crippen LogP contribution in [0.5, 0.6) is 0 Å². The van der Waals surface area contributed by atoms with Gasteiger partial charge in [-0.3, -0.25) is 0 Å². The van der Waals surface area contributed by atoms with Gasteiger partial charge in [-0.2, -0.15) is 0 Å². The average molecular weight is 261 g/mol. The maximum atomic E-state index is 5.81. The van der Waals surface area contributed by atoms with E-state index < -0.39 is 0 Å². The number of aromatic nitrogens is 1. The molecule has 18 heavy (non-hydrogen) atoms. The van der Waals surface area contributed by atoms with Crippen molar-refractivity contribution in [1.29, 1.82) is 0 Å². The van der Waals surface area contributed by atoms with Gasteiger partial charge in [-0.1, -0.05) is 25.1 Å². The zero-order chi connectivity index (χ0) is 12.5. The van der Waals surface area contributed by atoms with Crippen LogP contribution in [-0.4, -0.2) is 22.6 Å². The second-order valence-corrected chi connectivity index (χ2v) is 5.77. The summed E-state index contributed by atoms with van der Waals surface area (Å²) >= 11 is 5.14. The summed E-state index contributed by atoms with van der Waals surface area (Å²) in [4.78, 5) is 7.43. The van der Waals surface area contributed by atoms with Crippen molar-refractivity contribution in [2.45, 2.75) is 38.1 Å². The molecule has 2 heterocycles. The number of pyridine rings is 1. The highest BCUT2D eigenvalue weighted by Crippen LogP contribution is 2.38. The third-order valence-electron chi connectivity index (χ3n) is 4.33. The van der Waals surface area contributed by atoms with E-state index in [1.165, 1.54) is 32.1 Å². The fourth-order valence-corrected chi connectivity index (χ4v) is 3.65. The standard InChI is InChI=1S/C14H19N3S/c15-13(18)11-5-3-8-16-14(11)17-9-7-10-4-1-2-6-12(10)17/h3,5,8,10,12H,1-2,4,6-7,9H2,(H2,15,18). The van der Waals surface area contributed by atoms with Crippen LogP contribution in [0.3, 0.4) is 0 Å². The Bertz CT molecular complexity index is 460. The lowest BCUT2D eigenvalue weighted by Gasteiger charge is -2.33. The Morgan fingerprint density at radius 3 is 3.00 bits per heavy atom. The molecule has 2 aliphatic rings. The molecular formula is C14H19N3S. The quantitative estimate of drug-likeness (QED) is 0.831. The van der Waals surface area contributed by atoms with E-state index in [0.717, 1.165) is 23.8 Å². The van der Waals surface area contributed by atoms with Gasteiger partial charge in [0.25, 0.3) is 0 Å². The summed E-state index contributed by atoms with van der Waals surface area (Å²) in [5.74, 6) is 1.85. The normalized spacial score (nSPS) is 27.0. The molecule has 2 fully saturated rings. The van der Waals surface area contributed by atoms with Gasteiger partial charge in [-0.25, -0.2) is 4.98 Å². The van der Waals surface area contributed by atoms with Crippen LogP contribution in [0.15, 0.2) is 18.3 Å². The summed E-state index contributed by atoms with van der Waals surface area (Å²) in [6.07, 6.45) is 8.52. The number of hydrogen-bond donors (Lipinski definition) is 1. The molecule has 2 N–H and O–H groups in total. The summed E-state index contributed by atoms with van der Waals surface area (Å²) in [6.45, 7) is 1.10. The Balaban J connectivity index is 1.93. The van der Waals surface area contributed by atoms with Crippen molar-refractivity contribution >= 4 is 23.0 Å². The van der Waals surface area contributed by atoms with Crippen LogP contribution in [0.4, 0.5) is 5.82 Å². The molecule has 3 rings (SSSR count). The summed E-state index contributed by atoms with van der Waals surface area (Å²) < 4.78 is 0. The molecule has 1 aliphatic heterocycles. The van der Waals surface area contributed by atoms with Crippen molar-refractivity contribution in [1.82, 2.24) is 4.98 Å². The van der Waals surface area contributed by atoms with Gasteiger partial charge in [0.2, 0.25) is 0 Å². The van der Waals surface area contributed by atoms with E-state index in [4.69, 9.17) is 18.0 Å². The Kier molecular flexibility index (Phi) is 3.20. The molecule has 1 aliphatic carbocycles.